The number of carbonyl (C=O) groups excluding carboxylic acids is 1. The first-order chi connectivity index (χ1) is 16.1. The molecule has 1 amide bonds. The van der Waals surface area contributed by atoms with Gasteiger partial charge in [-0.25, -0.2) is 0 Å². The summed E-state index contributed by atoms with van der Waals surface area (Å²) in [5.41, 5.74) is 2.97. The molecule has 6 heteroatoms. The van der Waals surface area contributed by atoms with E-state index in [4.69, 9.17) is 9.47 Å². The van der Waals surface area contributed by atoms with Crippen molar-refractivity contribution in [3.8, 4) is 11.5 Å². The number of amides is 1. The zero-order valence-corrected chi connectivity index (χ0v) is 18.9. The lowest BCUT2D eigenvalue weighted by Crippen LogP contribution is -2.85. The fourth-order valence-corrected chi connectivity index (χ4v) is 5.95. The average Bonchev–Trinajstić information content (AvgIpc) is 3.50. The van der Waals surface area contributed by atoms with Gasteiger partial charge in [0.15, 0.2) is 11.5 Å². The molecule has 6 nitrogen and oxygen atoms in total. The van der Waals surface area contributed by atoms with Crippen LogP contribution in [0.4, 0.5) is 0 Å². The van der Waals surface area contributed by atoms with Gasteiger partial charge < -0.3 is 19.5 Å². The van der Waals surface area contributed by atoms with Crippen molar-refractivity contribution >= 4 is 12.0 Å². The van der Waals surface area contributed by atoms with Crippen LogP contribution in [0.3, 0.4) is 0 Å². The van der Waals surface area contributed by atoms with Crippen molar-refractivity contribution < 1.29 is 19.4 Å². The maximum absolute atomic E-state index is 13.3. The summed E-state index contributed by atoms with van der Waals surface area (Å²) in [4.78, 5) is 17.7. The van der Waals surface area contributed by atoms with Crippen molar-refractivity contribution in [3.63, 3.8) is 0 Å². The van der Waals surface area contributed by atoms with Gasteiger partial charge in [-0.05, 0) is 55.0 Å². The van der Waals surface area contributed by atoms with Crippen LogP contribution in [0.15, 0.2) is 48.5 Å². The zero-order valence-electron chi connectivity index (χ0n) is 18.9. The van der Waals surface area contributed by atoms with Gasteiger partial charge in [-0.3, -0.25) is 9.69 Å². The lowest BCUT2D eigenvalue weighted by molar-refractivity contribution is -0.180. The fourth-order valence-electron chi connectivity index (χ4n) is 5.95. The van der Waals surface area contributed by atoms with Crippen molar-refractivity contribution in [2.24, 2.45) is 5.92 Å². The van der Waals surface area contributed by atoms with E-state index >= 15 is 0 Å². The van der Waals surface area contributed by atoms with Gasteiger partial charge in [0.05, 0.1) is 12.1 Å². The smallest absolute Gasteiger partial charge is 0.254 e. The van der Waals surface area contributed by atoms with Gasteiger partial charge in [0.25, 0.3) is 5.91 Å². The Kier molecular flexibility index (Phi) is 4.96. The maximum atomic E-state index is 13.3. The van der Waals surface area contributed by atoms with Gasteiger partial charge in [0, 0.05) is 37.2 Å². The van der Waals surface area contributed by atoms with E-state index in [0.717, 1.165) is 12.5 Å². The molecule has 3 heterocycles. The number of ether oxygens (including phenoxy) is 2. The number of carbonyl (C=O) groups is 1. The third-order valence-corrected chi connectivity index (χ3v) is 7.77. The number of hydrogen-bond acceptors (Lipinski definition) is 5. The molecule has 0 aromatic heterocycles. The lowest BCUT2D eigenvalue weighted by Gasteiger charge is -2.71. The minimum atomic E-state index is -0.0932. The molecule has 33 heavy (non-hydrogen) atoms. The topological polar surface area (TPSA) is 62.2 Å². The highest BCUT2D eigenvalue weighted by atomic mass is 16.7. The lowest BCUT2D eigenvalue weighted by atomic mass is 9.60. The van der Waals surface area contributed by atoms with E-state index in [2.05, 4.69) is 35.2 Å². The predicted octanol–water partition coefficient (Wildman–Crippen LogP) is 3.51. The standard InChI is InChI=1S/C27H30N2O4/c1-2-3-18-6-8-20(9-7-18)25-22(14-30)29(13-19-4-5-19)27(25)15-28(16-27)26(31)21-10-11-23-24(12-21)33-17-32-23/h2-3,6-12,19,22,25,30H,4-5,13-17H2,1H3/t22-,25+/m1/s1. The third kappa shape index (κ3) is 3.35. The van der Waals surface area contributed by atoms with Crippen LogP contribution >= 0.6 is 0 Å². The minimum absolute atomic E-state index is 0.0277. The van der Waals surface area contributed by atoms with E-state index in [1.807, 2.05) is 30.0 Å². The molecule has 172 valence electrons. The van der Waals surface area contributed by atoms with Gasteiger partial charge in [-0.1, -0.05) is 36.4 Å². The molecule has 2 saturated heterocycles. The van der Waals surface area contributed by atoms with E-state index in [0.29, 0.717) is 30.2 Å². The second kappa shape index (κ2) is 7.89. The Bertz CT molecular complexity index is 1090. The average molecular weight is 447 g/mol. The van der Waals surface area contributed by atoms with Crippen molar-refractivity contribution in [2.75, 3.05) is 33.0 Å². The normalized spacial score (nSPS) is 25.3. The number of hydrogen-bond donors (Lipinski definition) is 1. The number of aliphatic hydroxyl groups excluding tert-OH is 1. The van der Waals surface area contributed by atoms with Gasteiger partial charge in [-0.2, -0.15) is 0 Å². The molecule has 2 atom stereocenters. The highest BCUT2D eigenvalue weighted by Crippen LogP contribution is 2.55. The summed E-state index contributed by atoms with van der Waals surface area (Å²) in [6.45, 7) is 4.76. The summed E-state index contributed by atoms with van der Waals surface area (Å²) in [7, 11) is 0. The Hall–Kier alpha value is -2.83. The molecular weight excluding hydrogens is 416 g/mol. The molecule has 4 aliphatic rings. The van der Waals surface area contributed by atoms with Crippen molar-refractivity contribution in [2.45, 2.75) is 37.3 Å². The van der Waals surface area contributed by atoms with Crippen LogP contribution < -0.4 is 9.47 Å². The largest absolute Gasteiger partial charge is 0.454 e. The van der Waals surface area contributed by atoms with Crippen molar-refractivity contribution in [1.82, 2.24) is 9.80 Å². The monoisotopic (exact) mass is 446 g/mol. The maximum Gasteiger partial charge on any atom is 0.254 e. The fraction of sp³-hybridized carbons (Fsp3) is 0.444. The van der Waals surface area contributed by atoms with E-state index in [1.165, 1.54) is 24.0 Å². The van der Waals surface area contributed by atoms with Gasteiger partial charge in [0.2, 0.25) is 6.79 Å². The Labute approximate surface area is 194 Å². The van der Waals surface area contributed by atoms with Crippen molar-refractivity contribution in [3.05, 3.63) is 65.2 Å². The quantitative estimate of drug-likeness (QED) is 0.736. The number of fused-ring (bicyclic) bond motifs is 1. The molecule has 0 radical (unpaired) electrons. The van der Waals surface area contributed by atoms with Crippen LogP contribution in [-0.4, -0.2) is 65.4 Å². The van der Waals surface area contributed by atoms with Crippen molar-refractivity contribution in [1.29, 1.82) is 0 Å². The molecule has 3 aliphatic heterocycles. The summed E-state index contributed by atoms with van der Waals surface area (Å²) in [6.07, 6.45) is 6.68. The number of aliphatic hydroxyl groups is 1. The molecule has 0 bridgehead atoms. The summed E-state index contributed by atoms with van der Waals surface area (Å²) in [5, 5.41) is 10.3. The molecule has 1 saturated carbocycles. The van der Waals surface area contributed by atoms with Gasteiger partial charge >= 0.3 is 0 Å². The minimum Gasteiger partial charge on any atom is -0.454 e. The molecular formula is C27H30N2O4. The van der Waals surface area contributed by atoms with E-state index in [1.54, 1.807) is 6.07 Å². The van der Waals surface area contributed by atoms with Crippen LogP contribution in [-0.2, 0) is 0 Å². The highest BCUT2D eigenvalue weighted by molar-refractivity contribution is 5.96. The van der Waals surface area contributed by atoms with Crippen LogP contribution in [0.25, 0.3) is 6.08 Å². The number of likely N-dealkylation sites (tertiary alicyclic amines) is 2. The Morgan fingerprint density at radius 3 is 2.58 bits per heavy atom. The molecule has 0 unspecified atom stereocenters. The van der Waals surface area contributed by atoms with E-state index in [9.17, 15) is 9.90 Å². The van der Waals surface area contributed by atoms with Crippen LogP contribution in [0.1, 0.15) is 47.2 Å². The SMILES string of the molecule is CC=Cc1ccc([C@H]2[C@@H](CO)N(CC3CC3)C23CN(C(=O)c2ccc4c(c2)OCO4)C3)cc1. The molecule has 2 aromatic rings. The highest BCUT2D eigenvalue weighted by Gasteiger charge is 2.66. The Morgan fingerprint density at radius 2 is 1.88 bits per heavy atom. The first kappa shape index (κ1) is 20.8. The van der Waals surface area contributed by atoms with Gasteiger partial charge in [0.1, 0.15) is 0 Å². The molecule has 1 aliphatic carbocycles. The van der Waals surface area contributed by atoms with Crippen LogP contribution in [0, 0.1) is 5.92 Å². The van der Waals surface area contributed by atoms with Gasteiger partial charge in [-0.15, -0.1) is 0 Å². The molecule has 6 rings (SSSR count). The molecule has 1 N–H and O–H groups in total. The summed E-state index contributed by atoms with van der Waals surface area (Å²) < 4.78 is 10.8. The Balaban J connectivity index is 1.25. The molecule has 1 spiro atoms. The summed E-state index contributed by atoms with van der Waals surface area (Å²) in [6, 6.07) is 14.2. The number of nitrogens with zero attached hydrogens (tertiary/aromatic N) is 2. The number of allylic oxidation sites excluding steroid dienone is 1. The summed E-state index contributed by atoms with van der Waals surface area (Å²) >= 11 is 0. The predicted molar refractivity (Wildman–Crippen MR) is 125 cm³/mol. The number of benzene rings is 2. The van der Waals surface area contributed by atoms with E-state index < -0.39 is 0 Å². The Morgan fingerprint density at radius 1 is 1.12 bits per heavy atom. The second-order valence-corrected chi connectivity index (χ2v) is 9.82. The third-order valence-electron chi connectivity index (χ3n) is 7.77. The number of rotatable bonds is 6. The second-order valence-electron chi connectivity index (χ2n) is 9.82. The first-order valence-corrected chi connectivity index (χ1v) is 11.9. The summed E-state index contributed by atoms with van der Waals surface area (Å²) in [5.74, 6) is 2.30. The molecule has 3 fully saturated rings. The zero-order chi connectivity index (χ0) is 22.6. The first-order valence-electron chi connectivity index (χ1n) is 11.9. The van der Waals surface area contributed by atoms with E-state index in [-0.39, 0.29) is 36.8 Å². The molecule has 2 aromatic carbocycles. The van der Waals surface area contributed by atoms with Crippen LogP contribution in [0.2, 0.25) is 0 Å². The van der Waals surface area contributed by atoms with Crippen LogP contribution in [0.5, 0.6) is 11.5 Å².